The van der Waals surface area contributed by atoms with Gasteiger partial charge in [-0.15, -0.1) is 0 Å². The molecular formula is C64H116N12O14. The molecule has 90 heavy (non-hydrogen) atoms. The number of aliphatic hydroxyl groups excluding tert-OH is 1. The van der Waals surface area contributed by atoms with E-state index in [0.29, 0.717) is 44.7 Å². The standard InChI is InChI=1S/C64H116N12O14/c1-17-18-50-60(86)71-63(11,39-78)90-58(44(8)9)62(88)74(15)52(30-42(4)5)61(87)69-51(29-41(2)3)59(85)67-23-21-49(33-55(82)66-12)89-53(34-54(65)81)46(22-24-76-27-25-72(13)26-28-76)19-20-48(80)32-56(83)73(14)37-57(84)75(16)64(40-79,35-43(6)7)70-47(38-77)31-45(10)36-68-50/h38-53,58,68,70,80H,17-37H2,1-16H3,(H2,65,81)(H,66,82)(H,67,85)(H,69,87)(H,71,86). The molecule has 2 heterocycles. The lowest BCUT2D eigenvalue weighted by molar-refractivity contribution is -0.173. The molecule has 0 spiro atoms. The quantitative estimate of drug-likeness (QED) is 0.0846. The van der Waals surface area contributed by atoms with Crippen LogP contribution in [0.5, 0.6) is 0 Å². The molecule has 0 aromatic rings. The summed E-state index contributed by atoms with van der Waals surface area (Å²) in [6, 6.07) is -4.06. The average molecular weight is 1280 g/mol. The molecule has 9 N–H and O–H groups in total. The van der Waals surface area contributed by atoms with Gasteiger partial charge < -0.3 is 76.2 Å². The number of piperazine rings is 1. The fourth-order valence-electron chi connectivity index (χ4n) is 11.6. The van der Waals surface area contributed by atoms with Crippen LogP contribution in [0.3, 0.4) is 0 Å². The molecule has 0 saturated carbocycles. The minimum Gasteiger partial charge on any atom is -0.393 e. The molecule has 2 aliphatic heterocycles. The first kappa shape index (κ1) is 80.6. The van der Waals surface area contributed by atoms with Gasteiger partial charge in [-0.2, -0.15) is 0 Å². The van der Waals surface area contributed by atoms with Gasteiger partial charge >= 0.3 is 0 Å². The van der Waals surface area contributed by atoms with Gasteiger partial charge in [-0.3, -0.25) is 53.3 Å². The summed E-state index contributed by atoms with van der Waals surface area (Å²) in [5, 5.41) is 29.1. The molecule has 2 saturated heterocycles. The van der Waals surface area contributed by atoms with Crippen molar-refractivity contribution in [2.75, 3.05) is 87.6 Å². The van der Waals surface area contributed by atoms with Gasteiger partial charge in [0.05, 0.1) is 56.2 Å². The van der Waals surface area contributed by atoms with Gasteiger partial charge in [0.25, 0.3) is 5.91 Å². The summed E-state index contributed by atoms with van der Waals surface area (Å²) in [4.78, 5) is 159. The lowest BCUT2D eigenvalue weighted by Crippen LogP contribution is -2.65. The number of ether oxygens (including phenoxy) is 2. The molecule has 2 aliphatic rings. The number of carbonyl (C=O) groups is 11. The van der Waals surface area contributed by atoms with Gasteiger partial charge in [-0.25, -0.2) is 0 Å². The van der Waals surface area contributed by atoms with Gasteiger partial charge in [0.15, 0.2) is 24.0 Å². The van der Waals surface area contributed by atoms with Gasteiger partial charge in [0.2, 0.25) is 41.4 Å². The molecule has 516 valence electrons. The van der Waals surface area contributed by atoms with Crippen LogP contribution in [0, 0.1) is 35.5 Å². The van der Waals surface area contributed by atoms with Crippen LogP contribution in [0.4, 0.5) is 0 Å². The van der Waals surface area contributed by atoms with Crippen molar-refractivity contribution in [1.29, 1.82) is 0 Å². The highest BCUT2D eigenvalue weighted by atomic mass is 16.5. The number of aliphatic hydroxyl groups is 1. The summed E-state index contributed by atoms with van der Waals surface area (Å²) in [6.07, 6.45) is -1.10. The van der Waals surface area contributed by atoms with Crippen LogP contribution in [0.1, 0.15) is 160 Å². The Morgan fingerprint density at radius 3 is 2.00 bits per heavy atom. The van der Waals surface area contributed by atoms with Crippen molar-refractivity contribution in [1.82, 2.24) is 56.4 Å². The SMILES string of the molecule is CCCC1NCC(C)CC(C=O)NC(C=O)(CC(C)C)N(C)C(=O)CN(C)C(=O)CC(O)CCC(CCN2CCN(C)CC2)C(CC(N)=O)OC(CC(=O)NC)CCNC(=O)C(CC(C)C)NC(=O)C(CC(C)C)N(C)C(=O)C(C(C)C)OC(C)(C=O)NC1=O. The number of hydrogen-bond donors (Lipinski definition) is 8. The van der Waals surface area contributed by atoms with E-state index in [1.807, 2.05) is 62.4 Å². The number of aldehydes is 3. The van der Waals surface area contributed by atoms with E-state index in [4.69, 9.17) is 15.2 Å². The van der Waals surface area contributed by atoms with Crippen LogP contribution < -0.4 is 37.6 Å². The third-order valence-corrected chi connectivity index (χ3v) is 17.0. The van der Waals surface area contributed by atoms with Gasteiger partial charge in [0.1, 0.15) is 24.5 Å². The van der Waals surface area contributed by atoms with Gasteiger partial charge in [-0.1, -0.05) is 75.7 Å². The summed E-state index contributed by atoms with van der Waals surface area (Å²) in [5.41, 5.74) is 2.17. The first-order valence-corrected chi connectivity index (χ1v) is 32.6. The van der Waals surface area contributed by atoms with E-state index < -0.39 is 120 Å². The van der Waals surface area contributed by atoms with Crippen LogP contribution in [0.25, 0.3) is 0 Å². The maximum absolute atomic E-state index is 14.7. The van der Waals surface area contributed by atoms with E-state index in [2.05, 4.69) is 41.7 Å². The Morgan fingerprint density at radius 1 is 0.811 bits per heavy atom. The Hall–Kier alpha value is -5.51. The van der Waals surface area contributed by atoms with Gasteiger partial charge in [0, 0.05) is 60.9 Å². The minimum atomic E-state index is -2.04. The van der Waals surface area contributed by atoms with E-state index >= 15 is 0 Å². The fraction of sp³-hybridized carbons (Fsp3) is 0.828. The molecule has 12 atom stereocenters. The molecule has 12 unspecified atom stereocenters. The lowest BCUT2D eigenvalue weighted by atomic mass is 9.88. The molecule has 0 aliphatic carbocycles. The number of primary amides is 1. The Balaban J connectivity index is 2.80. The third kappa shape index (κ3) is 27.8. The number of rotatable bonds is 19. The van der Waals surface area contributed by atoms with Crippen molar-refractivity contribution >= 4 is 66.1 Å². The van der Waals surface area contributed by atoms with Gasteiger partial charge in [-0.05, 0) is 120 Å². The number of amides is 8. The highest BCUT2D eigenvalue weighted by Crippen LogP contribution is 2.28. The molecular weight excluding hydrogens is 1160 g/mol. The number of nitrogens with one attached hydrogen (secondary N) is 6. The maximum Gasteiger partial charge on any atom is 0.252 e. The number of hydrogen-bond acceptors (Lipinski definition) is 18. The molecule has 26 heteroatoms. The smallest absolute Gasteiger partial charge is 0.252 e. The molecule has 0 aromatic heterocycles. The normalized spacial score (nSPS) is 29.9. The van der Waals surface area contributed by atoms with Crippen molar-refractivity contribution in [3.8, 4) is 0 Å². The first-order chi connectivity index (χ1) is 42.2. The van der Waals surface area contributed by atoms with Crippen LogP contribution in [-0.2, 0) is 62.2 Å². The zero-order valence-corrected chi connectivity index (χ0v) is 57.2. The van der Waals surface area contributed by atoms with Crippen molar-refractivity contribution < 1.29 is 67.3 Å². The summed E-state index contributed by atoms with van der Waals surface area (Å²) in [6.45, 7) is 23.3. The fourth-order valence-corrected chi connectivity index (χ4v) is 11.6. The van der Waals surface area contributed by atoms with Crippen molar-refractivity contribution in [2.45, 2.75) is 220 Å². The van der Waals surface area contributed by atoms with E-state index in [1.165, 1.54) is 44.9 Å². The average Bonchev–Trinajstić information content (AvgIpc) is 1.19. The van der Waals surface area contributed by atoms with Crippen molar-refractivity contribution in [3.05, 3.63) is 0 Å². The Kier molecular flexibility index (Phi) is 35.6. The summed E-state index contributed by atoms with van der Waals surface area (Å²) in [7, 11) is 7.80. The monoisotopic (exact) mass is 1280 g/mol. The molecule has 2 rings (SSSR count). The van der Waals surface area contributed by atoms with Crippen molar-refractivity contribution in [2.24, 2.45) is 41.2 Å². The van der Waals surface area contributed by atoms with Crippen LogP contribution >= 0.6 is 0 Å². The third-order valence-electron chi connectivity index (χ3n) is 17.0. The predicted octanol–water partition coefficient (Wildman–Crippen LogP) is 1.33. The van der Waals surface area contributed by atoms with E-state index in [-0.39, 0.29) is 107 Å². The molecule has 26 nitrogen and oxygen atoms in total. The first-order valence-electron chi connectivity index (χ1n) is 32.6. The Morgan fingerprint density at radius 2 is 1.46 bits per heavy atom. The van der Waals surface area contributed by atoms with E-state index in [1.54, 1.807) is 13.8 Å². The molecule has 0 bridgehead atoms. The summed E-state index contributed by atoms with van der Waals surface area (Å²) in [5.74, 6) is -6.39. The highest BCUT2D eigenvalue weighted by molar-refractivity contribution is 5.93. The number of nitrogens with zero attached hydrogens (tertiary/aromatic N) is 5. The van der Waals surface area contributed by atoms with Crippen LogP contribution in [0.15, 0.2) is 0 Å². The lowest BCUT2D eigenvalue weighted by Gasteiger charge is -2.42. The highest BCUT2D eigenvalue weighted by Gasteiger charge is 2.43. The zero-order chi connectivity index (χ0) is 68.2. The second-order valence-electron chi connectivity index (χ2n) is 27.2. The second kappa shape index (κ2) is 39.8. The zero-order valence-electron chi connectivity index (χ0n) is 57.2. The van der Waals surface area contributed by atoms with Crippen molar-refractivity contribution in [3.63, 3.8) is 0 Å². The Labute approximate surface area is 536 Å². The summed E-state index contributed by atoms with van der Waals surface area (Å²) < 4.78 is 13.0. The number of likely N-dealkylation sites (N-methyl/N-ethyl adjacent to an activating group) is 4. The van der Waals surface area contributed by atoms with E-state index in [9.17, 15) is 57.8 Å². The largest absolute Gasteiger partial charge is 0.393 e. The Bertz CT molecular complexity index is 2310. The molecule has 8 amide bonds. The maximum atomic E-state index is 14.7. The number of nitrogens with two attached hydrogens (primary N) is 1. The predicted molar refractivity (Wildman–Crippen MR) is 343 cm³/mol. The van der Waals surface area contributed by atoms with Crippen LogP contribution in [0.2, 0.25) is 0 Å². The second-order valence-corrected chi connectivity index (χ2v) is 27.2. The minimum absolute atomic E-state index is 0.0296. The molecule has 0 radical (unpaired) electrons. The topological polar surface area (TPSA) is 341 Å². The van der Waals surface area contributed by atoms with E-state index in [0.717, 1.165) is 31.1 Å². The van der Waals surface area contributed by atoms with Crippen LogP contribution in [-0.4, -0.2) is 243 Å². The molecule has 2 fully saturated rings. The number of carbonyl (C=O) groups excluding carboxylic acids is 11. The molecule has 0 aromatic carbocycles. The summed E-state index contributed by atoms with van der Waals surface area (Å²) >= 11 is 0.